The standard InChI is InChI=1S/C12H18ClN3O/c1-2-3-9-11(13)15-7-16-12(9)14-6-10(17)8-4-5-8/h7-8,10,17H,2-6H2,1H3,(H,14,15,16). The van der Waals surface area contributed by atoms with Gasteiger partial charge in [-0.15, -0.1) is 0 Å². The predicted molar refractivity (Wildman–Crippen MR) is 68.3 cm³/mol. The van der Waals surface area contributed by atoms with E-state index in [1.807, 2.05) is 0 Å². The van der Waals surface area contributed by atoms with Crippen LogP contribution in [0.1, 0.15) is 31.7 Å². The Morgan fingerprint density at radius 2 is 2.29 bits per heavy atom. The molecule has 4 nitrogen and oxygen atoms in total. The molecule has 1 heterocycles. The fourth-order valence-electron chi connectivity index (χ4n) is 1.86. The van der Waals surface area contributed by atoms with Crippen LogP contribution in [0.15, 0.2) is 6.33 Å². The summed E-state index contributed by atoms with van der Waals surface area (Å²) >= 11 is 6.04. The SMILES string of the molecule is CCCc1c(Cl)ncnc1NCC(O)C1CC1. The number of aliphatic hydroxyl groups excluding tert-OH is 1. The number of aromatic nitrogens is 2. The van der Waals surface area contributed by atoms with Crippen molar-refractivity contribution in [3.05, 3.63) is 17.0 Å². The Kier molecular flexibility index (Phi) is 4.18. The van der Waals surface area contributed by atoms with Crippen molar-refractivity contribution in [2.45, 2.75) is 38.7 Å². The van der Waals surface area contributed by atoms with Crippen molar-refractivity contribution in [2.24, 2.45) is 5.92 Å². The molecular formula is C12H18ClN3O. The van der Waals surface area contributed by atoms with Crippen LogP contribution in [0.25, 0.3) is 0 Å². The molecule has 17 heavy (non-hydrogen) atoms. The Balaban J connectivity index is 2.00. The van der Waals surface area contributed by atoms with Gasteiger partial charge in [-0.3, -0.25) is 0 Å². The summed E-state index contributed by atoms with van der Waals surface area (Å²) in [6, 6.07) is 0. The summed E-state index contributed by atoms with van der Waals surface area (Å²) in [5, 5.41) is 13.5. The summed E-state index contributed by atoms with van der Waals surface area (Å²) in [5.41, 5.74) is 0.944. The van der Waals surface area contributed by atoms with Gasteiger partial charge < -0.3 is 10.4 Å². The Labute approximate surface area is 106 Å². The molecule has 0 aromatic carbocycles. The number of hydrogen-bond acceptors (Lipinski definition) is 4. The molecule has 1 saturated carbocycles. The number of anilines is 1. The fraction of sp³-hybridized carbons (Fsp3) is 0.667. The summed E-state index contributed by atoms with van der Waals surface area (Å²) in [6.07, 6.45) is 5.28. The molecule has 1 aliphatic carbocycles. The van der Waals surface area contributed by atoms with E-state index in [9.17, 15) is 5.11 Å². The first-order valence-corrected chi connectivity index (χ1v) is 6.51. The molecule has 1 unspecified atom stereocenters. The van der Waals surface area contributed by atoms with Gasteiger partial charge in [0.15, 0.2) is 0 Å². The van der Waals surface area contributed by atoms with Crippen LogP contribution >= 0.6 is 11.6 Å². The maximum atomic E-state index is 9.80. The second kappa shape index (κ2) is 5.65. The quantitative estimate of drug-likeness (QED) is 0.766. The van der Waals surface area contributed by atoms with Gasteiger partial charge in [0.2, 0.25) is 0 Å². The lowest BCUT2D eigenvalue weighted by Crippen LogP contribution is -2.22. The maximum Gasteiger partial charge on any atom is 0.137 e. The average Bonchev–Trinajstić information content (AvgIpc) is 3.13. The Morgan fingerprint density at radius 3 is 2.94 bits per heavy atom. The zero-order valence-electron chi connectivity index (χ0n) is 9.99. The highest BCUT2D eigenvalue weighted by Crippen LogP contribution is 2.32. The third-order valence-corrected chi connectivity index (χ3v) is 3.36. The molecule has 2 N–H and O–H groups in total. The summed E-state index contributed by atoms with van der Waals surface area (Å²) in [5.74, 6) is 1.22. The molecule has 1 fully saturated rings. The van der Waals surface area contributed by atoms with E-state index >= 15 is 0 Å². The van der Waals surface area contributed by atoms with Crippen LogP contribution in [0.4, 0.5) is 5.82 Å². The van der Waals surface area contributed by atoms with Crippen LogP contribution in [0.3, 0.4) is 0 Å². The maximum absolute atomic E-state index is 9.80. The number of hydrogen-bond donors (Lipinski definition) is 2. The van der Waals surface area contributed by atoms with E-state index in [4.69, 9.17) is 11.6 Å². The van der Waals surface area contributed by atoms with E-state index in [0.29, 0.717) is 17.6 Å². The first-order chi connectivity index (χ1) is 8.22. The first-order valence-electron chi connectivity index (χ1n) is 6.13. The van der Waals surface area contributed by atoms with Gasteiger partial charge in [-0.05, 0) is 25.2 Å². The monoisotopic (exact) mass is 255 g/mol. The summed E-state index contributed by atoms with van der Waals surface area (Å²) in [6.45, 7) is 2.63. The van der Waals surface area contributed by atoms with Gasteiger partial charge in [0, 0.05) is 12.1 Å². The molecule has 0 bridgehead atoms. The van der Waals surface area contributed by atoms with Gasteiger partial charge in [-0.1, -0.05) is 24.9 Å². The summed E-state index contributed by atoms with van der Waals surface area (Å²) in [7, 11) is 0. The second-order valence-electron chi connectivity index (χ2n) is 4.53. The van der Waals surface area contributed by atoms with Crippen LogP contribution < -0.4 is 5.32 Å². The van der Waals surface area contributed by atoms with Crippen LogP contribution in [0.2, 0.25) is 5.15 Å². The molecular weight excluding hydrogens is 238 g/mol. The zero-order chi connectivity index (χ0) is 12.3. The first kappa shape index (κ1) is 12.6. The average molecular weight is 256 g/mol. The number of halogens is 1. The molecule has 1 aromatic rings. The molecule has 0 amide bonds. The van der Waals surface area contributed by atoms with Gasteiger partial charge in [-0.25, -0.2) is 9.97 Å². The Bertz CT molecular complexity index is 382. The molecule has 5 heteroatoms. The Morgan fingerprint density at radius 1 is 1.53 bits per heavy atom. The molecule has 1 atom stereocenters. The number of aliphatic hydroxyl groups is 1. The second-order valence-corrected chi connectivity index (χ2v) is 4.89. The van der Waals surface area contributed by atoms with Crippen LogP contribution in [0, 0.1) is 5.92 Å². The van der Waals surface area contributed by atoms with Crippen molar-refractivity contribution in [1.82, 2.24) is 9.97 Å². The minimum atomic E-state index is -0.279. The van der Waals surface area contributed by atoms with Crippen molar-refractivity contribution in [1.29, 1.82) is 0 Å². The predicted octanol–water partition coefficient (Wildman–Crippen LogP) is 2.27. The van der Waals surface area contributed by atoms with Gasteiger partial charge in [0.1, 0.15) is 17.3 Å². The molecule has 0 radical (unpaired) electrons. The van der Waals surface area contributed by atoms with Gasteiger partial charge in [0.25, 0.3) is 0 Å². The van der Waals surface area contributed by atoms with Crippen molar-refractivity contribution >= 4 is 17.4 Å². The largest absolute Gasteiger partial charge is 0.391 e. The highest BCUT2D eigenvalue weighted by molar-refractivity contribution is 6.30. The minimum absolute atomic E-state index is 0.279. The molecule has 0 aliphatic heterocycles. The van der Waals surface area contributed by atoms with Crippen molar-refractivity contribution in [3.8, 4) is 0 Å². The molecule has 0 spiro atoms. The Hall–Kier alpha value is -0.870. The number of nitrogens with one attached hydrogen (secondary N) is 1. The fourth-order valence-corrected chi connectivity index (χ4v) is 2.09. The van der Waals surface area contributed by atoms with Crippen molar-refractivity contribution in [3.63, 3.8) is 0 Å². The third-order valence-electron chi connectivity index (χ3n) is 3.04. The van der Waals surface area contributed by atoms with E-state index in [1.165, 1.54) is 6.33 Å². The molecule has 94 valence electrons. The van der Waals surface area contributed by atoms with Gasteiger partial charge in [-0.2, -0.15) is 0 Å². The third kappa shape index (κ3) is 3.30. The van der Waals surface area contributed by atoms with E-state index in [0.717, 1.165) is 37.1 Å². The highest BCUT2D eigenvalue weighted by atomic mass is 35.5. The van der Waals surface area contributed by atoms with E-state index < -0.39 is 0 Å². The normalized spacial score (nSPS) is 16.9. The van der Waals surface area contributed by atoms with Crippen LogP contribution in [-0.4, -0.2) is 27.7 Å². The lowest BCUT2D eigenvalue weighted by atomic mass is 10.2. The number of rotatable bonds is 6. The van der Waals surface area contributed by atoms with E-state index in [1.54, 1.807) is 0 Å². The summed E-state index contributed by atoms with van der Waals surface area (Å²) in [4.78, 5) is 8.18. The summed E-state index contributed by atoms with van der Waals surface area (Å²) < 4.78 is 0. The van der Waals surface area contributed by atoms with E-state index in [2.05, 4.69) is 22.2 Å². The van der Waals surface area contributed by atoms with Crippen LogP contribution in [-0.2, 0) is 6.42 Å². The van der Waals surface area contributed by atoms with Crippen LogP contribution in [0.5, 0.6) is 0 Å². The van der Waals surface area contributed by atoms with E-state index in [-0.39, 0.29) is 6.10 Å². The lowest BCUT2D eigenvalue weighted by Gasteiger charge is -2.14. The van der Waals surface area contributed by atoms with Crippen molar-refractivity contribution in [2.75, 3.05) is 11.9 Å². The molecule has 1 aliphatic rings. The lowest BCUT2D eigenvalue weighted by molar-refractivity contribution is 0.164. The topological polar surface area (TPSA) is 58.0 Å². The zero-order valence-corrected chi connectivity index (χ0v) is 10.7. The van der Waals surface area contributed by atoms with Gasteiger partial charge in [0.05, 0.1) is 6.10 Å². The number of nitrogens with zero attached hydrogens (tertiary/aromatic N) is 2. The van der Waals surface area contributed by atoms with Crippen molar-refractivity contribution < 1.29 is 5.11 Å². The molecule has 2 rings (SSSR count). The minimum Gasteiger partial charge on any atom is -0.391 e. The molecule has 1 aromatic heterocycles. The smallest absolute Gasteiger partial charge is 0.137 e. The van der Waals surface area contributed by atoms with Gasteiger partial charge >= 0.3 is 0 Å². The highest BCUT2D eigenvalue weighted by Gasteiger charge is 2.29. The molecule has 0 saturated heterocycles.